The maximum atomic E-state index is 12.8. The van der Waals surface area contributed by atoms with Crippen molar-refractivity contribution in [2.24, 2.45) is 0 Å². The molecule has 0 aromatic heterocycles. The molecule has 1 N–H and O–H groups in total. The normalized spacial score (nSPS) is 10.2. The van der Waals surface area contributed by atoms with Crippen molar-refractivity contribution in [3.05, 3.63) is 58.3 Å². The van der Waals surface area contributed by atoms with E-state index >= 15 is 0 Å². The summed E-state index contributed by atoms with van der Waals surface area (Å²) >= 11 is 11.7. The van der Waals surface area contributed by atoms with Crippen LogP contribution in [0, 0.1) is 5.82 Å². The van der Waals surface area contributed by atoms with E-state index in [1.165, 1.54) is 42.3 Å². The molecule has 0 spiro atoms. The lowest BCUT2D eigenvalue weighted by atomic mass is 10.3. The van der Waals surface area contributed by atoms with Gasteiger partial charge >= 0.3 is 0 Å². The second-order valence-corrected chi connectivity index (χ2v) is 5.98. The molecule has 5 nitrogen and oxygen atoms in total. The Kier molecular flexibility index (Phi) is 6.61. The Morgan fingerprint density at radius 3 is 2.44 bits per heavy atom. The number of carbonyl (C=O) groups excluding carboxylic acids is 2. The van der Waals surface area contributed by atoms with Gasteiger partial charge in [-0.05, 0) is 36.4 Å². The van der Waals surface area contributed by atoms with Crippen LogP contribution in [0.3, 0.4) is 0 Å². The largest absolute Gasteiger partial charge is 0.484 e. The summed E-state index contributed by atoms with van der Waals surface area (Å²) in [7, 11) is 1.48. The molecule has 0 aliphatic rings. The summed E-state index contributed by atoms with van der Waals surface area (Å²) in [6.07, 6.45) is 0. The lowest BCUT2D eigenvalue weighted by Gasteiger charge is -2.17. The number of halogens is 3. The van der Waals surface area contributed by atoms with Crippen LogP contribution < -0.4 is 10.1 Å². The average Bonchev–Trinajstić information content (AvgIpc) is 2.57. The van der Waals surface area contributed by atoms with Crippen LogP contribution in [-0.4, -0.2) is 36.9 Å². The van der Waals surface area contributed by atoms with E-state index in [0.29, 0.717) is 21.5 Å². The molecule has 132 valence electrons. The molecule has 2 aromatic rings. The van der Waals surface area contributed by atoms with Gasteiger partial charge in [0.05, 0.1) is 16.6 Å². The quantitative estimate of drug-likeness (QED) is 0.827. The van der Waals surface area contributed by atoms with Gasteiger partial charge in [0.15, 0.2) is 6.61 Å². The standard InChI is InChI=1S/C17H15Cl2FN2O3/c1-22(9-16(23)21-12-4-2-11(20)3-5-12)17(24)10-25-13-6-7-14(18)15(19)8-13/h2-8H,9-10H2,1H3,(H,21,23). The van der Waals surface area contributed by atoms with E-state index in [4.69, 9.17) is 27.9 Å². The summed E-state index contributed by atoms with van der Waals surface area (Å²) in [4.78, 5) is 25.1. The maximum Gasteiger partial charge on any atom is 0.260 e. The van der Waals surface area contributed by atoms with Crippen LogP contribution in [0.25, 0.3) is 0 Å². The Morgan fingerprint density at radius 1 is 1.12 bits per heavy atom. The highest BCUT2D eigenvalue weighted by Crippen LogP contribution is 2.26. The number of nitrogens with zero attached hydrogens (tertiary/aromatic N) is 1. The zero-order valence-corrected chi connectivity index (χ0v) is 14.8. The summed E-state index contributed by atoms with van der Waals surface area (Å²) in [6, 6.07) is 9.97. The van der Waals surface area contributed by atoms with Crippen LogP contribution >= 0.6 is 23.2 Å². The number of benzene rings is 2. The van der Waals surface area contributed by atoms with Gasteiger partial charge in [-0.15, -0.1) is 0 Å². The van der Waals surface area contributed by atoms with E-state index in [9.17, 15) is 14.0 Å². The topological polar surface area (TPSA) is 58.6 Å². The molecule has 0 heterocycles. The predicted octanol–water partition coefficient (Wildman–Crippen LogP) is 3.61. The molecule has 0 saturated carbocycles. The first-order valence-corrected chi connectivity index (χ1v) is 7.98. The maximum absolute atomic E-state index is 12.8. The molecule has 0 fully saturated rings. The van der Waals surface area contributed by atoms with Gasteiger partial charge in [-0.1, -0.05) is 23.2 Å². The summed E-state index contributed by atoms with van der Waals surface area (Å²) in [6.45, 7) is -0.417. The number of ether oxygens (including phenoxy) is 1. The van der Waals surface area contributed by atoms with Gasteiger partial charge in [-0.2, -0.15) is 0 Å². The highest BCUT2D eigenvalue weighted by molar-refractivity contribution is 6.42. The van der Waals surface area contributed by atoms with Gasteiger partial charge in [-0.25, -0.2) is 4.39 Å². The summed E-state index contributed by atoms with van der Waals surface area (Å²) < 4.78 is 18.1. The molecule has 25 heavy (non-hydrogen) atoms. The van der Waals surface area contributed by atoms with E-state index in [1.54, 1.807) is 12.1 Å². The Morgan fingerprint density at radius 2 is 1.80 bits per heavy atom. The second-order valence-electron chi connectivity index (χ2n) is 5.17. The first kappa shape index (κ1) is 19.0. The number of amides is 2. The van der Waals surface area contributed by atoms with Gasteiger partial charge in [0.1, 0.15) is 11.6 Å². The first-order valence-electron chi connectivity index (χ1n) is 7.22. The highest BCUT2D eigenvalue weighted by atomic mass is 35.5. The minimum Gasteiger partial charge on any atom is -0.484 e. The highest BCUT2D eigenvalue weighted by Gasteiger charge is 2.14. The second kappa shape index (κ2) is 8.69. The molecule has 2 aromatic carbocycles. The average molecular weight is 385 g/mol. The zero-order chi connectivity index (χ0) is 18.4. The van der Waals surface area contributed by atoms with Crippen LogP contribution in [0.5, 0.6) is 5.75 Å². The molecular weight excluding hydrogens is 370 g/mol. The van der Waals surface area contributed by atoms with Gasteiger partial charge in [-0.3, -0.25) is 9.59 Å². The van der Waals surface area contributed by atoms with Crippen molar-refractivity contribution in [3.8, 4) is 5.75 Å². The number of hydrogen-bond acceptors (Lipinski definition) is 3. The lowest BCUT2D eigenvalue weighted by Crippen LogP contribution is -2.37. The van der Waals surface area contributed by atoms with E-state index in [-0.39, 0.29) is 19.1 Å². The third-order valence-corrected chi connectivity index (χ3v) is 3.93. The molecule has 0 aliphatic carbocycles. The van der Waals surface area contributed by atoms with Crippen molar-refractivity contribution in [2.45, 2.75) is 0 Å². The fourth-order valence-electron chi connectivity index (χ4n) is 1.86. The van der Waals surface area contributed by atoms with Crippen molar-refractivity contribution in [3.63, 3.8) is 0 Å². The minimum atomic E-state index is -0.406. The van der Waals surface area contributed by atoms with Gasteiger partial charge < -0.3 is 15.0 Å². The number of anilines is 1. The van der Waals surface area contributed by atoms with Crippen molar-refractivity contribution >= 4 is 40.7 Å². The number of likely N-dealkylation sites (N-methyl/N-ethyl adjacent to an activating group) is 1. The summed E-state index contributed by atoms with van der Waals surface area (Å²) in [5.74, 6) is -0.797. The van der Waals surface area contributed by atoms with Gasteiger partial charge in [0.25, 0.3) is 5.91 Å². The van der Waals surface area contributed by atoms with E-state index < -0.39 is 11.7 Å². The molecule has 0 radical (unpaired) electrons. The lowest BCUT2D eigenvalue weighted by molar-refractivity contribution is -0.135. The van der Waals surface area contributed by atoms with Crippen LogP contribution in [0.15, 0.2) is 42.5 Å². The van der Waals surface area contributed by atoms with Crippen molar-refractivity contribution < 1.29 is 18.7 Å². The predicted molar refractivity (Wildman–Crippen MR) is 94.6 cm³/mol. The van der Waals surface area contributed by atoms with Gasteiger partial charge in [0.2, 0.25) is 5.91 Å². The molecule has 0 atom stereocenters. The fourth-order valence-corrected chi connectivity index (χ4v) is 2.15. The van der Waals surface area contributed by atoms with E-state index in [0.717, 1.165) is 0 Å². The van der Waals surface area contributed by atoms with E-state index in [1.807, 2.05) is 0 Å². The van der Waals surface area contributed by atoms with E-state index in [2.05, 4.69) is 5.32 Å². The first-order chi connectivity index (χ1) is 11.8. The smallest absolute Gasteiger partial charge is 0.260 e. The molecule has 0 bridgehead atoms. The number of hydrogen-bond donors (Lipinski definition) is 1. The minimum absolute atomic E-state index is 0.166. The molecule has 8 heteroatoms. The number of carbonyl (C=O) groups is 2. The summed E-state index contributed by atoms with van der Waals surface area (Å²) in [5.41, 5.74) is 0.444. The molecule has 2 amide bonds. The number of nitrogens with one attached hydrogen (secondary N) is 1. The summed E-state index contributed by atoms with van der Waals surface area (Å²) in [5, 5.41) is 3.27. The molecule has 0 unspecified atom stereocenters. The van der Waals surface area contributed by atoms with Crippen LogP contribution in [0.2, 0.25) is 10.0 Å². The third kappa shape index (κ3) is 5.92. The van der Waals surface area contributed by atoms with Crippen molar-refractivity contribution in [2.75, 3.05) is 25.5 Å². The van der Waals surface area contributed by atoms with Crippen LogP contribution in [0.1, 0.15) is 0 Å². The van der Waals surface area contributed by atoms with Gasteiger partial charge in [0, 0.05) is 18.8 Å². The Labute approximate surface area is 154 Å². The van der Waals surface area contributed by atoms with Crippen LogP contribution in [0.4, 0.5) is 10.1 Å². The van der Waals surface area contributed by atoms with Crippen LogP contribution in [-0.2, 0) is 9.59 Å². The molecular formula is C17H15Cl2FN2O3. The van der Waals surface area contributed by atoms with Crippen molar-refractivity contribution in [1.29, 1.82) is 0 Å². The Hall–Kier alpha value is -2.31. The monoisotopic (exact) mass is 384 g/mol. The zero-order valence-electron chi connectivity index (χ0n) is 13.3. The van der Waals surface area contributed by atoms with Crippen molar-refractivity contribution in [1.82, 2.24) is 4.90 Å². The third-order valence-electron chi connectivity index (χ3n) is 3.19. The fraction of sp³-hybridized carbons (Fsp3) is 0.176. The Bertz CT molecular complexity index is 769. The number of rotatable bonds is 6. The Balaban J connectivity index is 1.81. The molecule has 0 aliphatic heterocycles. The SMILES string of the molecule is CN(CC(=O)Nc1ccc(F)cc1)C(=O)COc1ccc(Cl)c(Cl)c1. The molecule has 0 saturated heterocycles. The molecule has 2 rings (SSSR count).